The van der Waals surface area contributed by atoms with Crippen molar-refractivity contribution in [3.8, 4) is 0 Å². The fourth-order valence-electron chi connectivity index (χ4n) is 1.72. The van der Waals surface area contributed by atoms with E-state index in [1.165, 1.54) is 12.8 Å². The van der Waals surface area contributed by atoms with Gasteiger partial charge in [0.05, 0.1) is 6.61 Å². The summed E-state index contributed by atoms with van der Waals surface area (Å²) in [6, 6.07) is 0.225. The molecule has 1 rings (SSSR count). The molecule has 0 saturated carbocycles. The van der Waals surface area contributed by atoms with Crippen LogP contribution >= 0.6 is 0 Å². The van der Waals surface area contributed by atoms with Crippen molar-refractivity contribution in [2.45, 2.75) is 45.1 Å². The lowest BCUT2D eigenvalue weighted by Crippen LogP contribution is -2.38. The molecule has 1 aliphatic rings. The van der Waals surface area contributed by atoms with E-state index in [-0.39, 0.29) is 12.0 Å². The minimum atomic E-state index is 0.109. The van der Waals surface area contributed by atoms with Crippen molar-refractivity contribution in [2.75, 3.05) is 6.61 Å². The molecule has 1 fully saturated rings. The highest BCUT2D eigenvalue weighted by Gasteiger charge is 2.19. The Morgan fingerprint density at radius 1 is 1.54 bits per heavy atom. The van der Waals surface area contributed by atoms with E-state index in [2.05, 4.69) is 5.48 Å². The van der Waals surface area contributed by atoms with Crippen molar-refractivity contribution in [3.63, 3.8) is 0 Å². The van der Waals surface area contributed by atoms with Crippen molar-refractivity contribution in [1.29, 1.82) is 0 Å². The number of rotatable bonds is 3. The van der Waals surface area contributed by atoms with Crippen LogP contribution in [0.1, 0.15) is 39.0 Å². The summed E-state index contributed by atoms with van der Waals surface area (Å²) in [6.07, 6.45) is 6.53. The number of hydrogen-bond donors (Lipinski definition) is 1. The molecule has 0 radical (unpaired) electrons. The minimum absolute atomic E-state index is 0.109. The number of carbonyl (C=O) groups is 1. The molecule has 0 aromatic heterocycles. The third kappa shape index (κ3) is 3.44. The zero-order valence-corrected chi connectivity index (χ0v) is 8.29. The maximum absolute atomic E-state index is 10.7. The first kappa shape index (κ1) is 10.7. The molecule has 1 saturated heterocycles. The van der Waals surface area contributed by atoms with E-state index in [4.69, 9.17) is 4.84 Å². The fraction of sp³-hybridized carbons (Fsp3) is 0.900. The molecule has 1 heterocycles. The van der Waals surface area contributed by atoms with Gasteiger partial charge in [0.1, 0.15) is 6.29 Å². The largest absolute Gasteiger partial charge is 0.303 e. The van der Waals surface area contributed by atoms with Crippen molar-refractivity contribution < 1.29 is 9.63 Å². The summed E-state index contributed by atoms with van der Waals surface area (Å²) in [4.78, 5) is 16.0. The topological polar surface area (TPSA) is 38.3 Å². The normalized spacial score (nSPS) is 27.3. The Bertz CT molecular complexity index is 142. The van der Waals surface area contributed by atoms with E-state index < -0.39 is 0 Å². The highest BCUT2D eigenvalue weighted by atomic mass is 16.6. The third-order valence-corrected chi connectivity index (χ3v) is 2.66. The number of aldehydes is 1. The van der Waals surface area contributed by atoms with Gasteiger partial charge in [-0.3, -0.25) is 0 Å². The molecule has 0 aliphatic carbocycles. The second-order valence-corrected chi connectivity index (χ2v) is 3.63. The lowest BCUT2D eigenvalue weighted by atomic mass is 9.94. The summed E-state index contributed by atoms with van der Waals surface area (Å²) in [6.45, 7) is 2.81. The Morgan fingerprint density at radius 2 is 2.38 bits per heavy atom. The van der Waals surface area contributed by atoms with Gasteiger partial charge in [-0.05, 0) is 19.3 Å². The SMILES string of the molecule is CCC(C=O)C1CCCCCON1. The monoisotopic (exact) mass is 185 g/mol. The Balaban J connectivity index is 2.39. The quantitative estimate of drug-likeness (QED) is 0.680. The molecule has 76 valence electrons. The molecule has 0 bridgehead atoms. The fourth-order valence-corrected chi connectivity index (χ4v) is 1.72. The molecule has 1 aliphatic heterocycles. The molecule has 3 nitrogen and oxygen atoms in total. The van der Waals surface area contributed by atoms with Gasteiger partial charge >= 0.3 is 0 Å². The molecule has 0 spiro atoms. The predicted octanol–water partition coefficient (Wildman–Crippen LogP) is 1.68. The van der Waals surface area contributed by atoms with Crippen molar-refractivity contribution in [2.24, 2.45) is 5.92 Å². The van der Waals surface area contributed by atoms with E-state index >= 15 is 0 Å². The standard InChI is InChI=1S/C10H19NO2/c1-2-9(8-12)10-6-4-3-5-7-13-11-10/h8-11H,2-7H2,1H3. The lowest BCUT2D eigenvalue weighted by Gasteiger charge is -2.24. The van der Waals surface area contributed by atoms with E-state index in [0.717, 1.165) is 32.2 Å². The Kier molecular flexibility index (Phi) is 5.01. The number of carbonyl (C=O) groups excluding carboxylic acids is 1. The van der Waals surface area contributed by atoms with Crippen molar-refractivity contribution in [1.82, 2.24) is 5.48 Å². The third-order valence-electron chi connectivity index (χ3n) is 2.66. The second kappa shape index (κ2) is 6.11. The number of nitrogens with one attached hydrogen (secondary N) is 1. The van der Waals surface area contributed by atoms with Crippen molar-refractivity contribution in [3.05, 3.63) is 0 Å². The summed E-state index contributed by atoms with van der Waals surface area (Å²) in [7, 11) is 0. The first-order chi connectivity index (χ1) is 6.38. The lowest BCUT2D eigenvalue weighted by molar-refractivity contribution is -0.114. The van der Waals surface area contributed by atoms with Gasteiger partial charge in [0, 0.05) is 12.0 Å². The first-order valence-electron chi connectivity index (χ1n) is 5.21. The predicted molar refractivity (Wildman–Crippen MR) is 51.2 cm³/mol. The highest BCUT2D eigenvalue weighted by Crippen LogP contribution is 2.15. The summed E-state index contributed by atoms with van der Waals surface area (Å²) < 4.78 is 0. The summed E-state index contributed by atoms with van der Waals surface area (Å²) in [5.74, 6) is 0.109. The first-order valence-corrected chi connectivity index (χ1v) is 5.21. The molecule has 3 heteroatoms. The van der Waals surface area contributed by atoms with Gasteiger partial charge in [0.15, 0.2) is 0 Å². The molecule has 0 amide bonds. The summed E-state index contributed by atoms with van der Waals surface area (Å²) in [5, 5.41) is 0. The highest BCUT2D eigenvalue weighted by molar-refractivity contribution is 5.54. The zero-order valence-electron chi connectivity index (χ0n) is 8.29. The van der Waals surface area contributed by atoms with Gasteiger partial charge in [-0.15, -0.1) is 0 Å². The van der Waals surface area contributed by atoms with Crippen LogP contribution in [0.5, 0.6) is 0 Å². The van der Waals surface area contributed by atoms with E-state index in [9.17, 15) is 4.79 Å². The Labute approximate surface area is 79.8 Å². The molecule has 13 heavy (non-hydrogen) atoms. The molecular weight excluding hydrogens is 166 g/mol. The van der Waals surface area contributed by atoms with Crippen LogP contribution in [-0.4, -0.2) is 18.9 Å². The Hall–Kier alpha value is -0.410. The van der Waals surface area contributed by atoms with Gasteiger partial charge in [-0.1, -0.05) is 19.8 Å². The summed E-state index contributed by atoms with van der Waals surface area (Å²) >= 11 is 0. The van der Waals surface area contributed by atoms with Gasteiger partial charge in [0.25, 0.3) is 0 Å². The van der Waals surface area contributed by atoms with Gasteiger partial charge < -0.3 is 9.63 Å². The van der Waals surface area contributed by atoms with E-state index in [0.29, 0.717) is 0 Å². The van der Waals surface area contributed by atoms with Crippen LogP contribution in [0.2, 0.25) is 0 Å². The van der Waals surface area contributed by atoms with Gasteiger partial charge in [-0.25, -0.2) is 0 Å². The van der Waals surface area contributed by atoms with Crippen LogP contribution < -0.4 is 5.48 Å². The van der Waals surface area contributed by atoms with Crippen LogP contribution in [0.3, 0.4) is 0 Å². The molecule has 2 unspecified atom stereocenters. The molecule has 0 aromatic rings. The number of hydrogen-bond acceptors (Lipinski definition) is 3. The Morgan fingerprint density at radius 3 is 3.08 bits per heavy atom. The van der Waals surface area contributed by atoms with Crippen LogP contribution in [0.25, 0.3) is 0 Å². The molecular formula is C10H19NO2. The average molecular weight is 185 g/mol. The molecule has 2 atom stereocenters. The number of hydroxylamine groups is 1. The van der Waals surface area contributed by atoms with Gasteiger partial charge in [-0.2, -0.15) is 5.48 Å². The van der Waals surface area contributed by atoms with Crippen LogP contribution in [0.4, 0.5) is 0 Å². The van der Waals surface area contributed by atoms with Crippen LogP contribution in [-0.2, 0) is 9.63 Å². The van der Waals surface area contributed by atoms with E-state index in [1.54, 1.807) is 0 Å². The molecule has 1 N–H and O–H groups in total. The van der Waals surface area contributed by atoms with Crippen molar-refractivity contribution >= 4 is 6.29 Å². The van der Waals surface area contributed by atoms with Crippen LogP contribution in [0.15, 0.2) is 0 Å². The maximum atomic E-state index is 10.7. The van der Waals surface area contributed by atoms with E-state index in [1.807, 2.05) is 6.92 Å². The average Bonchev–Trinajstić information content (AvgIpc) is 2.09. The minimum Gasteiger partial charge on any atom is -0.303 e. The molecule has 0 aromatic carbocycles. The van der Waals surface area contributed by atoms with Gasteiger partial charge in [0.2, 0.25) is 0 Å². The second-order valence-electron chi connectivity index (χ2n) is 3.63. The summed E-state index contributed by atoms with van der Waals surface area (Å²) in [5.41, 5.74) is 2.99. The zero-order chi connectivity index (χ0) is 9.52. The maximum Gasteiger partial charge on any atom is 0.124 e. The smallest absolute Gasteiger partial charge is 0.124 e. The van der Waals surface area contributed by atoms with Crippen LogP contribution in [0, 0.1) is 5.92 Å².